The van der Waals surface area contributed by atoms with Gasteiger partial charge in [-0.15, -0.1) is 24.0 Å². The van der Waals surface area contributed by atoms with Crippen LogP contribution in [0.3, 0.4) is 0 Å². The van der Waals surface area contributed by atoms with E-state index in [9.17, 15) is 5.11 Å². The molecule has 0 spiro atoms. The minimum absolute atomic E-state index is 0. The highest BCUT2D eigenvalue weighted by molar-refractivity contribution is 14.0. The van der Waals surface area contributed by atoms with Gasteiger partial charge in [0, 0.05) is 26.2 Å². The molecule has 7 heteroatoms. The Balaban J connectivity index is 0.00000364. The van der Waals surface area contributed by atoms with Crippen LogP contribution in [0.5, 0.6) is 11.5 Å². The molecule has 2 aromatic carbocycles. The van der Waals surface area contributed by atoms with E-state index in [1.165, 1.54) is 0 Å². The van der Waals surface area contributed by atoms with Crippen LogP contribution >= 0.6 is 24.0 Å². The fraction of sp³-hybridized carbons (Fsp3) is 0.350. The van der Waals surface area contributed by atoms with Crippen molar-refractivity contribution >= 4 is 29.9 Å². The number of methoxy groups -OCH3 is 1. The lowest BCUT2D eigenvalue weighted by Crippen LogP contribution is -2.39. The molecule has 0 aliphatic heterocycles. The monoisotopic (exact) mass is 485 g/mol. The summed E-state index contributed by atoms with van der Waals surface area (Å²) < 4.78 is 10.7. The fourth-order valence-electron chi connectivity index (χ4n) is 2.42. The number of rotatable bonds is 9. The van der Waals surface area contributed by atoms with E-state index in [4.69, 9.17) is 9.47 Å². The summed E-state index contributed by atoms with van der Waals surface area (Å²) >= 11 is 0. The summed E-state index contributed by atoms with van der Waals surface area (Å²) in [7, 11) is 3.31. The van der Waals surface area contributed by atoms with E-state index < -0.39 is 0 Å². The Kier molecular flexibility index (Phi) is 11.3. The van der Waals surface area contributed by atoms with Crippen LogP contribution in [0.15, 0.2) is 53.5 Å². The first-order chi connectivity index (χ1) is 12.7. The minimum Gasteiger partial charge on any atom is -0.508 e. The normalized spacial score (nSPS) is 10.8. The summed E-state index contributed by atoms with van der Waals surface area (Å²) in [4.78, 5) is 4.18. The Morgan fingerprint density at radius 2 is 1.81 bits per heavy atom. The summed E-state index contributed by atoms with van der Waals surface area (Å²) in [6.07, 6.45) is 0.682. The molecule has 3 N–H and O–H groups in total. The van der Waals surface area contributed by atoms with Gasteiger partial charge in [-0.3, -0.25) is 4.99 Å². The van der Waals surface area contributed by atoms with Crippen LogP contribution in [0.25, 0.3) is 0 Å². The molecular formula is C20H28IN3O3. The van der Waals surface area contributed by atoms with Gasteiger partial charge in [-0.25, -0.2) is 0 Å². The molecule has 0 amide bonds. The van der Waals surface area contributed by atoms with Crippen molar-refractivity contribution in [2.45, 2.75) is 13.0 Å². The van der Waals surface area contributed by atoms with Gasteiger partial charge in [-0.1, -0.05) is 36.4 Å². The lowest BCUT2D eigenvalue weighted by molar-refractivity contribution is 0.125. The number of nitrogens with zero attached hydrogens (tertiary/aromatic N) is 1. The molecule has 0 heterocycles. The van der Waals surface area contributed by atoms with Gasteiger partial charge in [-0.2, -0.15) is 0 Å². The quantitative estimate of drug-likeness (QED) is 0.221. The highest BCUT2D eigenvalue weighted by atomic mass is 127. The van der Waals surface area contributed by atoms with E-state index in [0.29, 0.717) is 44.4 Å². The van der Waals surface area contributed by atoms with Gasteiger partial charge in [0.25, 0.3) is 0 Å². The second-order valence-corrected chi connectivity index (χ2v) is 5.71. The van der Waals surface area contributed by atoms with Gasteiger partial charge in [-0.05, 0) is 23.6 Å². The van der Waals surface area contributed by atoms with E-state index in [-0.39, 0.29) is 29.7 Å². The number of hydrogen-bond acceptors (Lipinski definition) is 4. The topological polar surface area (TPSA) is 75.1 Å². The molecule has 0 saturated carbocycles. The molecular weight excluding hydrogens is 457 g/mol. The molecule has 2 rings (SSSR count). The molecule has 0 aromatic heterocycles. The molecule has 0 unspecified atom stereocenters. The number of guanidine groups is 1. The van der Waals surface area contributed by atoms with Crippen molar-refractivity contribution in [3.63, 3.8) is 0 Å². The van der Waals surface area contributed by atoms with Gasteiger partial charge >= 0.3 is 0 Å². The summed E-state index contributed by atoms with van der Waals surface area (Å²) in [5, 5.41) is 16.4. The van der Waals surface area contributed by atoms with Gasteiger partial charge in [0.1, 0.15) is 11.5 Å². The van der Waals surface area contributed by atoms with Crippen LogP contribution in [-0.2, 0) is 17.8 Å². The lowest BCUT2D eigenvalue weighted by atomic mass is 10.1. The molecule has 6 nitrogen and oxygen atoms in total. The first-order valence-corrected chi connectivity index (χ1v) is 8.65. The zero-order valence-corrected chi connectivity index (χ0v) is 18.1. The maximum absolute atomic E-state index is 9.97. The van der Waals surface area contributed by atoms with Crippen molar-refractivity contribution in [3.05, 3.63) is 59.7 Å². The number of phenols is 1. The van der Waals surface area contributed by atoms with Crippen LogP contribution in [0.1, 0.15) is 11.1 Å². The zero-order chi connectivity index (χ0) is 18.6. The maximum atomic E-state index is 9.97. The summed E-state index contributed by atoms with van der Waals surface area (Å²) in [5.41, 5.74) is 2.02. The average molecular weight is 485 g/mol. The van der Waals surface area contributed by atoms with Gasteiger partial charge < -0.3 is 25.2 Å². The van der Waals surface area contributed by atoms with Crippen LogP contribution in [0, 0.1) is 0 Å². The number of hydrogen-bond donors (Lipinski definition) is 3. The highest BCUT2D eigenvalue weighted by Gasteiger charge is 2.04. The molecule has 0 atom stereocenters. The van der Waals surface area contributed by atoms with E-state index in [1.807, 2.05) is 42.5 Å². The Morgan fingerprint density at radius 3 is 2.48 bits per heavy atom. The Hall–Kier alpha value is -2.00. The van der Waals surface area contributed by atoms with Crippen LogP contribution in [0.4, 0.5) is 0 Å². The molecule has 2 aromatic rings. The second-order valence-electron chi connectivity index (χ2n) is 5.71. The maximum Gasteiger partial charge on any atom is 0.191 e. The predicted octanol–water partition coefficient (Wildman–Crippen LogP) is 2.94. The van der Waals surface area contributed by atoms with Crippen LogP contribution in [-0.4, -0.2) is 44.9 Å². The summed E-state index contributed by atoms with van der Waals surface area (Å²) in [6, 6.07) is 15.4. The summed E-state index contributed by atoms with van der Waals surface area (Å²) in [6.45, 7) is 2.52. The van der Waals surface area contributed by atoms with Crippen molar-refractivity contribution in [1.29, 1.82) is 0 Å². The Bertz CT molecular complexity index is 696. The third-order valence-electron chi connectivity index (χ3n) is 3.85. The lowest BCUT2D eigenvalue weighted by Gasteiger charge is -2.13. The van der Waals surface area contributed by atoms with Gasteiger partial charge in [0.2, 0.25) is 0 Å². The molecule has 0 radical (unpaired) electrons. The molecule has 27 heavy (non-hydrogen) atoms. The van der Waals surface area contributed by atoms with Crippen molar-refractivity contribution in [2.75, 3.05) is 33.9 Å². The third kappa shape index (κ3) is 8.49. The number of phenolic OH excluding ortho intramolecular Hbond substituents is 1. The Labute approximate surface area is 178 Å². The molecule has 148 valence electrons. The van der Waals surface area contributed by atoms with Crippen molar-refractivity contribution in [2.24, 2.45) is 4.99 Å². The van der Waals surface area contributed by atoms with Crippen molar-refractivity contribution in [3.8, 4) is 11.5 Å². The molecule has 0 aliphatic rings. The number of ether oxygens (including phenoxy) is 2. The average Bonchev–Trinajstić information content (AvgIpc) is 2.68. The van der Waals surface area contributed by atoms with Crippen LogP contribution < -0.4 is 15.4 Å². The Morgan fingerprint density at radius 1 is 1.07 bits per heavy atom. The highest BCUT2D eigenvalue weighted by Crippen LogP contribution is 2.23. The number of nitrogens with one attached hydrogen (secondary N) is 2. The van der Waals surface area contributed by atoms with E-state index >= 15 is 0 Å². The number of benzene rings is 2. The number of aromatic hydroxyl groups is 1. The minimum atomic E-state index is 0. The zero-order valence-electron chi connectivity index (χ0n) is 15.8. The van der Waals surface area contributed by atoms with E-state index in [1.54, 1.807) is 20.2 Å². The molecule has 0 saturated heterocycles. The molecule has 0 bridgehead atoms. The van der Waals surface area contributed by atoms with Gasteiger partial charge in [0.05, 0.1) is 20.3 Å². The second kappa shape index (κ2) is 13.2. The smallest absolute Gasteiger partial charge is 0.191 e. The SMILES string of the molecule is CN=C(NCCOCc1ccccc1)NCCc1ccc(OC)cc1O.I. The van der Waals surface area contributed by atoms with E-state index in [0.717, 1.165) is 11.1 Å². The first-order valence-electron chi connectivity index (χ1n) is 8.65. The molecule has 0 fully saturated rings. The fourth-order valence-corrected chi connectivity index (χ4v) is 2.42. The molecule has 0 aliphatic carbocycles. The van der Waals surface area contributed by atoms with Crippen molar-refractivity contribution < 1.29 is 14.6 Å². The summed E-state index contributed by atoms with van der Waals surface area (Å²) in [5.74, 6) is 1.59. The van der Waals surface area contributed by atoms with Crippen LogP contribution in [0.2, 0.25) is 0 Å². The number of halogens is 1. The standard InChI is InChI=1S/C20H27N3O3.HI/c1-21-20(23-12-13-26-15-16-6-4-3-5-7-16)22-11-10-17-8-9-18(25-2)14-19(17)24;/h3-9,14,24H,10-13,15H2,1-2H3,(H2,21,22,23);1H. The first kappa shape index (κ1) is 23.0. The largest absolute Gasteiger partial charge is 0.508 e. The van der Waals surface area contributed by atoms with Crippen molar-refractivity contribution in [1.82, 2.24) is 10.6 Å². The predicted molar refractivity (Wildman–Crippen MR) is 119 cm³/mol. The van der Waals surface area contributed by atoms with Gasteiger partial charge in [0.15, 0.2) is 5.96 Å². The number of aliphatic imine (C=N–C) groups is 1. The van der Waals surface area contributed by atoms with E-state index in [2.05, 4.69) is 15.6 Å². The third-order valence-corrected chi connectivity index (χ3v) is 3.85.